The number of nitrogen functional groups attached to an aromatic ring is 1. The van der Waals surface area contributed by atoms with Crippen molar-refractivity contribution in [2.75, 3.05) is 37.9 Å². The minimum Gasteiger partial charge on any atom is -0.399 e. The molecule has 1 aromatic carbocycles. The SMILES string of the molecule is CCN(CC(=O)Nc1c(Cl)cc(N)cc1Cl)C(C)COC. The molecule has 7 heteroatoms. The number of hydrogen-bond donors (Lipinski definition) is 2. The molecule has 3 N–H and O–H groups in total. The van der Waals surface area contributed by atoms with E-state index >= 15 is 0 Å². The van der Waals surface area contributed by atoms with E-state index in [1.165, 1.54) is 0 Å². The minimum atomic E-state index is -0.187. The molecule has 0 saturated heterocycles. The Labute approximate surface area is 135 Å². The molecule has 0 spiro atoms. The summed E-state index contributed by atoms with van der Waals surface area (Å²) in [5.74, 6) is -0.187. The number of nitrogens with zero attached hydrogens (tertiary/aromatic N) is 1. The summed E-state index contributed by atoms with van der Waals surface area (Å²) in [6, 6.07) is 3.24. The highest BCUT2D eigenvalue weighted by molar-refractivity contribution is 6.40. The van der Waals surface area contributed by atoms with Gasteiger partial charge in [0, 0.05) is 18.8 Å². The first-order valence-corrected chi connectivity index (χ1v) is 7.42. The van der Waals surface area contributed by atoms with E-state index in [1.54, 1.807) is 19.2 Å². The fourth-order valence-electron chi connectivity index (χ4n) is 2.00. The van der Waals surface area contributed by atoms with Gasteiger partial charge in [-0.3, -0.25) is 9.69 Å². The van der Waals surface area contributed by atoms with Gasteiger partial charge in [-0.05, 0) is 25.6 Å². The number of carbonyl (C=O) groups is 1. The lowest BCUT2D eigenvalue weighted by Crippen LogP contribution is -2.41. The largest absolute Gasteiger partial charge is 0.399 e. The number of likely N-dealkylation sites (N-methyl/N-ethyl adjacent to an activating group) is 1. The van der Waals surface area contributed by atoms with Crippen molar-refractivity contribution in [1.29, 1.82) is 0 Å². The fraction of sp³-hybridized carbons (Fsp3) is 0.500. The first-order chi connectivity index (χ1) is 9.88. The molecule has 1 aromatic rings. The van der Waals surface area contributed by atoms with Gasteiger partial charge >= 0.3 is 0 Å². The molecule has 0 aliphatic carbocycles. The highest BCUT2D eigenvalue weighted by atomic mass is 35.5. The number of nitrogens with one attached hydrogen (secondary N) is 1. The normalized spacial score (nSPS) is 12.5. The second kappa shape index (κ2) is 8.44. The zero-order chi connectivity index (χ0) is 16.0. The van der Waals surface area contributed by atoms with Crippen LogP contribution in [0.25, 0.3) is 0 Å². The standard InChI is InChI=1S/C14H21Cl2N3O2/c1-4-19(9(2)8-21-3)7-13(20)18-14-11(15)5-10(17)6-12(14)16/h5-6,9H,4,7-8,17H2,1-3H3,(H,18,20). The lowest BCUT2D eigenvalue weighted by atomic mass is 10.2. The maximum atomic E-state index is 12.1. The quantitative estimate of drug-likeness (QED) is 0.753. The number of nitrogens with two attached hydrogens (primary N) is 1. The van der Waals surface area contributed by atoms with Gasteiger partial charge in [0.15, 0.2) is 0 Å². The molecule has 0 saturated carbocycles. The molecule has 0 aliphatic rings. The van der Waals surface area contributed by atoms with Crippen molar-refractivity contribution in [2.24, 2.45) is 0 Å². The summed E-state index contributed by atoms with van der Waals surface area (Å²) in [7, 11) is 1.64. The summed E-state index contributed by atoms with van der Waals surface area (Å²) in [6.45, 7) is 5.52. The third kappa shape index (κ3) is 5.36. The monoisotopic (exact) mass is 333 g/mol. The summed E-state index contributed by atoms with van der Waals surface area (Å²) in [5.41, 5.74) is 6.46. The highest BCUT2D eigenvalue weighted by Crippen LogP contribution is 2.32. The van der Waals surface area contributed by atoms with Crippen molar-refractivity contribution >= 4 is 40.5 Å². The molecule has 5 nitrogen and oxygen atoms in total. The summed E-state index contributed by atoms with van der Waals surface area (Å²) in [6.07, 6.45) is 0. The molecule has 21 heavy (non-hydrogen) atoms. The number of hydrogen-bond acceptors (Lipinski definition) is 4. The van der Waals surface area contributed by atoms with Gasteiger partial charge in [-0.15, -0.1) is 0 Å². The van der Waals surface area contributed by atoms with Crippen molar-refractivity contribution in [1.82, 2.24) is 4.90 Å². The third-order valence-corrected chi connectivity index (χ3v) is 3.71. The number of carbonyl (C=O) groups excluding carboxylic acids is 1. The summed E-state index contributed by atoms with van der Waals surface area (Å²) in [5, 5.41) is 3.37. The lowest BCUT2D eigenvalue weighted by Gasteiger charge is -2.26. The molecule has 0 aromatic heterocycles. The van der Waals surface area contributed by atoms with Gasteiger partial charge in [0.1, 0.15) is 0 Å². The van der Waals surface area contributed by atoms with Gasteiger partial charge in [0.2, 0.25) is 5.91 Å². The van der Waals surface area contributed by atoms with Crippen LogP contribution in [0.1, 0.15) is 13.8 Å². The van der Waals surface area contributed by atoms with Gasteiger partial charge in [-0.1, -0.05) is 30.1 Å². The van der Waals surface area contributed by atoms with E-state index in [0.717, 1.165) is 6.54 Å². The van der Waals surface area contributed by atoms with Crippen LogP contribution in [0.4, 0.5) is 11.4 Å². The maximum Gasteiger partial charge on any atom is 0.238 e. The Bertz CT molecular complexity index is 474. The van der Waals surface area contributed by atoms with Crippen LogP contribution in [-0.4, -0.2) is 43.7 Å². The number of anilines is 2. The van der Waals surface area contributed by atoms with Gasteiger partial charge < -0.3 is 15.8 Å². The average Bonchev–Trinajstić information content (AvgIpc) is 2.40. The van der Waals surface area contributed by atoms with Crippen molar-refractivity contribution in [3.63, 3.8) is 0 Å². The number of amides is 1. The number of methoxy groups -OCH3 is 1. The van der Waals surface area contributed by atoms with E-state index in [1.807, 2.05) is 18.7 Å². The molecule has 0 bridgehead atoms. The fourth-order valence-corrected chi connectivity index (χ4v) is 2.60. The van der Waals surface area contributed by atoms with Crippen molar-refractivity contribution in [3.8, 4) is 0 Å². The van der Waals surface area contributed by atoms with Crippen LogP contribution in [0.3, 0.4) is 0 Å². The molecule has 0 heterocycles. The Balaban J connectivity index is 2.73. The zero-order valence-electron chi connectivity index (χ0n) is 12.5. The Morgan fingerprint density at radius 2 is 2.00 bits per heavy atom. The van der Waals surface area contributed by atoms with E-state index in [0.29, 0.717) is 28.0 Å². The van der Waals surface area contributed by atoms with Gasteiger partial charge in [-0.2, -0.15) is 0 Å². The lowest BCUT2D eigenvalue weighted by molar-refractivity contribution is -0.118. The zero-order valence-corrected chi connectivity index (χ0v) is 14.0. The van der Waals surface area contributed by atoms with Crippen LogP contribution in [0, 0.1) is 0 Å². The molecule has 0 aliphatic heterocycles. The summed E-state index contributed by atoms with van der Waals surface area (Å²) in [4.78, 5) is 14.1. The molecule has 1 rings (SSSR count). The van der Waals surface area contributed by atoms with Gasteiger partial charge in [0.05, 0.1) is 28.9 Å². The number of benzene rings is 1. The molecule has 1 amide bonds. The Hall–Kier alpha value is -1.01. The van der Waals surface area contributed by atoms with Crippen LogP contribution >= 0.6 is 23.2 Å². The molecular formula is C14H21Cl2N3O2. The number of ether oxygens (including phenoxy) is 1. The Kier molecular flexibility index (Phi) is 7.25. The number of halogens is 2. The summed E-state index contributed by atoms with van der Waals surface area (Å²) < 4.78 is 5.11. The van der Waals surface area contributed by atoms with Crippen LogP contribution in [0.2, 0.25) is 10.0 Å². The number of rotatable bonds is 7. The van der Waals surface area contributed by atoms with Crippen LogP contribution in [0.15, 0.2) is 12.1 Å². The van der Waals surface area contributed by atoms with Crippen molar-refractivity contribution in [2.45, 2.75) is 19.9 Å². The minimum absolute atomic E-state index is 0.142. The van der Waals surface area contributed by atoms with Crippen LogP contribution in [-0.2, 0) is 9.53 Å². The van der Waals surface area contributed by atoms with Gasteiger partial charge in [-0.25, -0.2) is 0 Å². The van der Waals surface area contributed by atoms with E-state index in [2.05, 4.69) is 5.32 Å². The first-order valence-electron chi connectivity index (χ1n) is 6.66. The van der Waals surface area contributed by atoms with Gasteiger partial charge in [0.25, 0.3) is 0 Å². The topological polar surface area (TPSA) is 67.6 Å². The molecule has 1 unspecified atom stereocenters. The van der Waals surface area contributed by atoms with E-state index < -0.39 is 0 Å². The first kappa shape index (κ1) is 18.0. The van der Waals surface area contributed by atoms with E-state index in [9.17, 15) is 4.79 Å². The molecule has 1 atom stereocenters. The maximum absolute atomic E-state index is 12.1. The molecule has 0 fully saturated rings. The van der Waals surface area contributed by atoms with E-state index in [4.69, 9.17) is 33.7 Å². The predicted octanol–water partition coefficient (Wildman–Crippen LogP) is 2.87. The van der Waals surface area contributed by atoms with E-state index in [-0.39, 0.29) is 18.5 Å². The molecular weight excluding hydrogens is 313 g/mol. The smallest absolute Gasteiger partial charge is 0.238 e. The Morgan fingerprint density at radius 3 is 2.48 bits per heavy atom. The second-order valence-corrected chi connectivity index (χ2v) is 5.59. The van der Waals surface area contributed by atoms with Crippen molar-refractivity contribution in [3.05, 3.63) is 22.2 Å². The third-order valence-electron chi connectivity index (χ3n) is 3.11. The summed E-state index contributed by atoms with van der Waals surface area (Å²) >= 11 is 12.1. The van der Waals surface area contributed by atoms with Crippen LogP contribution in [0.5, 0.6) is 0 Å². The molecule has 118 valence electrons. The van der Waals surface area contributed by atoms with Crippen LogP contribution < -0.4 is 11.1 Å². The average molecular weight is 334 g/mol. The highest BCUT2D eigenvalue weighted by Gasteiger charge is 2.17. The second-order valence-electron chi connectivity index (χ2n) is 4.78. The predicted molar refractivity (Wildman–Crippen MR) is 88.1 cm³/mol. The molecule has 0 radical (unpaired) electrons. The Morgan fingerprint density at radius 1 is 1.43 bits per heavy atom. The van der Waals surface area contributed by atoms with Crippen molar-refractivity contribution < 1.29 is 9.53 Å².